The second-order valence-electron chi connectivity index (χ2n) is 7.13. The average Bonchev–Trinajstić information content (AvgIpc) is 2.91. The first-order chi connectivity index (χ1) is 12.5. The number of hydrogen-bond donors (Lipinski definition) is 0. The molecule has 1 aliphatic rings. The topological polar surface area (TPSA) is 79.2 Å². The van der Waals surface area contributed by atoms with Gasteiger partial charge < -0.3 is 4.57 Å². The molecular formula is C18H20N8. The highest BCUT2D eigenvalue weighted by Crippen LogP contribution is 2.54. The molecule has 0 aromatic carbocycles. The Balaban J connectivity index is 1.51. The summed E-state index contributed by atoms with van der Waals surface area (Å²) in [6.07, 6.45) is 6.94. The third-order valence-electron chi connectivity index (χ3n) is 5.19. The Kier molecular flexibility index (Phi) is 3.07. The fourth-order valence-electron chi connectivity index (χ4n) is 3.66. The molecule has 1 fully saturated rings. The molecule has 0 bridgehead atoms. The van der Waals surface area contributed by atoms with Crippen molar-refractivity contribution in [2.24, 2.45) is 21.1 Å². The van der Waals surface area contributed by atoms with Crippen molar-refractivity contribution in [2.45, 2.75) is 25.2 Å². The van der Waals surface area contributed by atoms with E-state index in [1.165, 1.54) is 5.56 Å². The Morgan fingerprint density at radius 1 is 1.12 bits per heavy atom. The number of imidazole rings is 1. The van der Waals surface area contributed by atoms with Crippen LogP contribution in [-0.4, -0.2) is 39.1 Å². The number of nitrogens with zero attached hydrogens (tertiary/aromatic N) is 8. The van der Waals surface area contributed by atoms with Crippen LogP contribution in [0.2, 0.25) is 0 Å². The van der Waals surface area contributed by atoms with E-state index in [4.69, 9.17) is 10.1 Å². The average molecular weight is 348 g/mol. The molecule has 1 saturated carbocycles. The van der Waals surface area contributed by atoms with Gasteiger partial charge in [0.05, 0.1) is 23.9 Å². The zero-order valence-corrected chi connectivity index (χ0v) is 15.2. The first kappa shape index (κ1) is 15.2. The van der Waals surface area contributed by atoms with E-state index < -0.39 is 0 Å². The summed E-state index contributed by atoms with van der Waals surface area (Å²) in [7, 11) is 5.85. The molecule has 8 nitrogen and oxygen atoms in total. The van der Waals surface area contributed by atoms with Crippen molar-refractivity contribution in [1.82, 2.24) is 39.1 Å². The molecule has 4 aromatic rings. The molecule has 2 atom stereocenters. The second-order valence-corrected chi connectivity index (χ2v) is 7.13. The smallest absolute Gasteiger partial charge is 0.180 e. The van der Waals surface area contributed by atoms with E-state index in [2.05, 4.69) is 27.3 Å². The van der Waals surface area contributed by atoms with Crippen molar-refractivity contribution < 1.29 is 0 Å². The minimum atomic E-state index is 0.445. The molecule has 0 radical (unpaired) electrons. The Labute approximate surface area is 150 Å². The van der Waals surface area contributed by atoms with Gasteiger partial charge in [-0.25, -0.2) is 15.0 Å². The Morgan fingerprint density at radius 2 is 1.96 bits per heavy atom. The van der Waals surface area contributed by atoms with E-state index in [1.807, 2.05) is 48.2 Å². The summed E-state index contributed by atoms with van der Waals surface area (Å²) >= 11 is 0. The van der Waals surface area contributed by atoms with Crippen LogP contribution in [0.15, 0.2) is 24.8 Å². The molecular weight excluding hydrogens is 328 g/mol. The van der Waals surface area contributed by atoms with Crippen molar-refractivity contribution in [1.29, 1.82) is 0 Å². The van der Waals surface area contributed by atoms with Gasteiger partial charge in [0.15, 0.2) is 11.5 Å². The molecule has 0 spiro atoms. The molecule has 132 valence electrons. The highest BCUT2D eigenvalue weighted by molar-refractivity contribution is 5.75. The van der Waals surface area contributed by atoms with E-state index >= 15 is 0 Å². The Morgan fingerprint density at radius 3 is 2.73 bits per heavy atom. The summed E-state index contributed by atoms with van der Waals surface area (Å²) in [5.74, 6) is 1.65. The molecule has 0 N–H and O–H groups in total. The van der Waals surface area contributed by atoms with Crippen LogP contribution in [-0.2, 0) is 21.1 Å². The van der Waals surface area contributed by atoms with Crippen molar-refractivity contribution in [3.8, 4) is 11.5 Å². The lowest BCUT2D eigenvalue weighted by Crippen LogP contribution is -2.01. The Hall–Kier alpha value is -3.03. The SMILES string of the molecule is Cc1nc(-c2cc([C@H]3C[C@@H]3c3cnn(C)c3)nn2C)nc2c1ncn2C. The molecule has 1 aliphatic carbocycles. The number of fused-ring (bicyclic) bond motifs is 1. The van der Waals surface area contributed by atoms with E-state index in [-0.39, 0.29) is 0 Å². The minimum Gasteiger partial charge on any atom is -0.318 e. The van der Waals surface area contributed by atoms with Crippen LogP contribution in [0, 0.1) is 6.92 Å². The fraction of sp³-hybridized carbons (Fsp3) is 0.389. The van der Waals surface area contributed by atoms with Crippen LogP contribution in [0.3, 0.4) is 0 Å². The summed E-state index contributed by atoms with van der Waals surface area (Å²) in [6.45, 7) is 1.97. The lowest BCUT2D eigenvalue weighted by molar-refractivity contribution is 0.742. The van der Waals surface area contributed by atoms with Crippen molar-refractivity contribution in [3.05, 3.63) is 41.7 Å². The molecule has 0 saturated heterocycles. The number of hydrogen-bond acceptors (Lipinski definition) is 5. The molecule has 0 unspecified atom stereocenters. The van der Waals surface area contributed by atoms with E-state index in [1.54, 1.807) is 6.33 Å². The van der Waals surface area contributed by atoms with Crippen molar-refractivity contribution in [3.63, 3.8) is 0 Å². The van der Waals surface area contributed by atoms with E-state index in [9.17, 15) is 0 Å². The highest BCUT2D eigenvalue weighted by Gasteiger charge is 2.42. The summed E-state index contributed by atoms with van der Waals surface area (Å²) in [4.78, 5) is 13.7. The quantitative estimate of drug-likeness (QED) is 0.566. The van der Waals surface area contributed by atoms with Crippen molar-refractivity contribution in [2.75, 3.05) is 0 Å². The van der Waals surface area contributed by atoms with Gasteiger partial charge in [-0.1, -0.05) is 0 Å². The number of aryl methyl sites for hydroxylation is 4. The monoisotopic (exact) mass is 348 g/mol. The van der Waals surface area contributed by atoms with Crippen LogP contribution in [0.1, 0.15) is 35.2 Å². The lowest BCUT2D eigenvalue weighted by atomic mass is 10.1. The largest absolute Gasteiger partial charge is 0.318 e. The number of rotatable bonds is 3. The summed E-state index contributed by atoms with van der Waals surface area (Å²) in [6, 6.07) is 2.12. The number of aromatic nitrogens is 8. The minimum absolute atomic E-state index is 0.445. The standard InChI is InChI=1S/C18H20N8/c1-10-16-18(24(2)9-19-16)22-17(21-10)15-6-14(23-26(15)4)13-5-12(13)11-7-20-25(3)8-11/h6-9,12-13H,5H2,1-4H3/t12-,13+/m1/s1. The zero-order chi connectivity index (χ0) is 18.0. The van der Waals surface area contributed by atoms with Gasteiger partial charge in [-0.2, -0.15) is 10.2 Å². The van der Waals surface area contributed by atoms with Crippen LogP contribution >= 0.6 is 0 Å². The summed E-state index contributed by atoms with van der Waals surface area (Å²) in [5, 5.41) is 9.02. The molecule has 5 rings (SSSR count). The molecule has 0 aliphatic heterocycles. The van der Waals surface area contributed by atoms with Crippen molar-refractivity contribution >= 4 is 11.2 Å². The maximum Gasteiger partial charge on any atom is 0.180 e. The van der Waals surface area contributed by atoms with E-state index in [0.29, 0.717) is 17.7 Å². The van der Waals surface area contributed by atoms with Gasteiger partial charge in [0.25, 0.3) is 0 Å². The van der Waals surface area contributed by atoms with Gasteiger partial charge in [0.1, 0.15) is 11.2 Å². The van der Waals surface area contributed by atoms with Crippen LogP contribution in [0.25, 0.3) is 22.7 Å². The van der Waals surface area contributed by atoms with Crippen LogP contribution < -0.4 is 0 Å². The zero-order valence-electron chi connectivity index (χ0n) is 15.2. The third kappa shape index (κ3) is 2.25. The summed E-state index contributed by atoms with van der Waals surface area (Å²) in [5.41, 5.74) is 5.89. The van der Waals surface area contributed by atoms with Gasteiger partial charge in [-0.15, -0.1) is 0 Å². The van der Waals surface area contributed by atoms with Gasteiger partial charge in [-0.3, -0.25) is 9.36 Å². The summed E-state index contributed by atoms with van der Waals surface area (Å²) < 4.78 is 5.66. The second kappa shape index (κ2) is 5.23. The Bertz CT molecular complexity index is 1130. The predicted molar refractivity (Wildman–Crippen MR) is 96.6 cm³/mol. The van der Waals surface area contributed by atoms with Crippen LogP contribution in [0.5, 0.6) is 0 Å². The molecule has 26 heavy (non-hydrogen) atoms. The molecule has 4 aromatic heterocycles. The normalized spacial score (nSPS) is 19.4. The van der Waals surface area contributed by atoms with Gasteiger partial charge in [-0.05, 0) is 30.9 Å². The molecule has 8 heteroatoms. The molecule has 4 heterocycles. The lowest BCUT2D eigenvalue weighted by Gasteiger charge is -2.03. The van der Waals surface area contributed by atoms with Crippen LogP contribution in [0.4, 0.5) is 0 Å². The molecule has 0 amide bonds. The van der Waals surface area contributed by atoms with E-state index in [0.717, 1.165) is 34.7 Å². The van der Waals surface area contributed by atoms with Gasteiger partial charge in [0.2, 0.25) is 0 Å². The third-order valence-corrected chi connectivity index (χ3v) is 5.19. The van der Waals surface area contributed by atoms with Gasteiger partial charge >= 0.3 is 0 Å². The first-order valence-corrected chi connectivity index (χ1v) is 8.70. The maximum atomic E-state index is 4.74. The maximum absolute atomic E-state index is 4.74. The van der Waals surface area contributed by atoms with Gasteiger partial charge in [0, 0.05) is 33.3 Å². The predicted octanol–water partition coefficient (Wildman–Crippen LogP) is 2.08. The first-order valence-electron chi connectivity index (χ1n) is 8.70. The fourth-order valence-corrected chi connectivity index (χ4v) is 3.66. The highest BCUT2D eigenvalue weighted by atomic mass is 15.3.